The number of nitrogens with one attached hydrogen (secondary N) is 1. The standard InChI is InChI=1S/C19H14ClFN4/c20-17-11-22-6-5-15(17)16-10-24-18(13-1-3-14(21)4-2-13)9-19(16)25-8-7-23-12-25/h1-11,23H,12H2. The Bertz CT molecular complexity index is 940. The van der Waals surface area contributed by atoms with Crippen molar-refractivity contribution >= 4 is 17.3 Å². The highest BCUT2D eigenvalue weighted by Crippen LogP contribution is 2.37. The summed E-state index contributed by atoms with van der Waals surface area (Å²) in [5.74, 6) is -0.268. The molecule has 0 aliphatic carbocycles. The fourth-order valence-electron chi connectivity index (χ4n) is 2.77. The van der Waals surface area contributed by atoms with Crippen LogP contribution >= 0.6 is 11.6 Å². The van der Waals surface area contributed by atoms with Gasteiger partial charge in [0, 0.05) is 47.7 Å². The molecular weight excluding hydrogens is 339 g/mol. The molecule has 1 aliphatic heterocycles. The molecular formula is C19H14ClFN4. The molecule has 0 saturated carbocycles. The number of benzene rings is 1. The Kier molecular flexibility index (Phi) is 4.07. The lowest BCUT2D eigenvalue weighted by molar-refractivity contribution is 0.628. The SMILES string of the molecule is Fc1ccc(-c2cc(N3C=CNC3)c(-c3ccncc3Cl)cn2)cc1. The molecule has 124 valence electrons. The number of aromatic nitrogens is 2. The number of hydrogen-bond donors (Lipinski definition) is 1. The van der Waals surface area contributed by atoms with E-state index < -0.39 is 0 Å². The van der Waals surface area contributed by atoms with Gasteiger partial charge in [-0.2, -0.15) is 0 Å². The third kappa shape index (κ3) is 3.06. The molecule has 0 saturated heterocycles. The van der Waals surface area contributed by atoms with Gasteiger partial charge in [-0.1, -0.05) is 11.6 Å². The minimum absolute atomic E-state index is 0.268. The predicted octanol–water partition coefficient (Wildman–Crippen LogP) is 4.44. The summed E-state index contributed by atoms with van der Waals surface area (Å²) in [6.45, 7) is 0.655. The van der Waals surface area contributed by atoms with Crippen molar-refractivity contribution in [1.82, 2.24) is 15.3 Å². The minimum Gasteiger partial charge on any atom is -0.372 e. The van der Waals surface area contributed by atoms with Crippen molar-refractivity contribution in [2.45, 2.75) is 0 Å². The van der Waals surface area contributed by atoms with Gasteiger partial charge in [0.15, 0.2) is 0 Å². The van der Waals surface area contributed by atoms with Gasteiger partial charge in [-0.15, -0.1) is 0 Å². The number of halogens is 2. The predicted molar refractivity (Wildman–Crippen MR) is 97.5 cm³/mol. The van der Waals surface area contributed by atoms with Gasteiger partial charge in [0.1, 0.15) is 5.82 Å². The molecule has 0 radical (unpaired) electrons. The lowest BCUT2D eigenvalue weighted by atomic mass is 10.0. The molecule has 0 unspecified atom stereocenters. The Morgan fingerprint density at radius 2 is 1.92 bits per heavy atom. The highest BCUT2D eigenvalue weighted by atomic mass is 35.5. The molecule has 1 aliphatic rings. The van der Waals surface area contributed by atoms with Crippen LogP contribution in [0, 0.1) is 5.82 Å². The Hall–Kier alpha value is -2.92. The lowest BCUT2D eigenvalue weighted by Crippen LogP contribution is -2.20. The zero-order valence-electron chi connectivity index (χ0n) is 13.2. The maximum Gasteiger partial charge on any atom is 0.123 e. The molecule has 0 atom stereocenters. The summed E-state index contributed by atoms with van der Waals surface area (Å²) in [6.07, 6.45) is 8.96. The Balaban J connectivity index is 1.86. The van der Waals surface area contributed by atoms with Gasteiger partial charge in [-0.05, 0) is 36.4 Å². The molecule has 2 aromatic heterocycles. The van der Waals surface area contributed by atoms with Crippen molar-refractivity contribution in [2.24, 2.45) is 0 Å². The van der Waals surface area contributed by atoms with E-state index in [0.29, 0.717) is 11.7 Å². The first-order valence-corrected chi connectivity index (χ1v) is 8.13. The van der Waals surface area contributed by atoms with E-state index in [9.17, 15) is 4.39 Å². The molecule has 4 nitrogen and oxygen atoms in total. The largest absolute Gasteiger partial charge is 0.372 e. The highest BCUT2D eigenvalue weighted by molar-refractivity contribution is 6.33. The van der Waals surface area contributed by atoms with Crippen LogP contribution in [-0.4, -0.2) is 16.6 Å². The van der Waals surface area contributed by atoms with Crippen molar-refractivity contribution in [3.63, 3.8) is 0 Å². The second kappa shape index (κ2) is 6.53. The topological polar surface area (TPSA) is 41.0 Å². The normalized spacial score (nSPS) is 13.1. The van der Waals surface area contributed by atoms with Gasteiger partial charge in [0.25, 0.3) is 0 Å². The van der Waals surface area contributed by atoms with Crippen LogP contribution in [0.3, 0.4) is 0 Å². The van der Waals surface area contributed by atoms with E-state index in [4.69, 9.17) is 11.6 Å². The van der Waals surface area contributed by atoms with E-state index in [2.05, 4.69) is 20.2 Å². The second-order valence-electron chi connectivity index (χ2n) is 5.60. The van der Waals surface area contributed by atoms with Crippen molar-refractivity contribution < 1.29 is 4.39 Å². The van der Waals surface area contributed by atoms with Crippen molar-refractivity contribution in [1.29, 1.82) is 0 Å². The molecule has 0 fully saturated rings. The Labute approximate surface area is 149 Å². The van der Waals surface area contributed by atoms with E-state index in [-0.39, 0.29) is 5.82 Å². The molecule has 4 rings (SSSR count). The van der Waals surface area contributed by atoms with Crippen LogP contribution in [0.1, 0.15) is 0 Å². The first-order valence-electron chi connectivity index (χ1n) is 7.75. The van der Waals surface area contributed by atoms with Gasteiger partial charge >= 0.3 is 0 Å². The average Bonchev–Trinajstić information content (AvgIpc) is 3.17. The fraction of sp³-hybridized carbons (Fsp3) is 0.0526. The van der Waals surface area contributed by atoms with Gasteiger partial charge in [-0.3, -0.25) is 9.97 Å². The monoisotopic (exact) mass is 352 g/mol. The van der Waals surface area contributed by atoms with Gasteiger partial charge in [0.2, 0.25) is 0 Å². The number of hydrogen-bond acceptors (Lipinski definition) is 4. The van der Waals surface area contributed by atoms with Crippen molar-refractivity contribution in [3.8, 4) is 22.4 Å². The zero-order valence-corrected chi connectivity index (χ0v) is 13.9. The molecule has 0 bridgehead atoms. The summed E-state index contributed by atoms with van der Waals surface area (Å²) in [5.41, 5.74) is 4.36. The van der Waals surface area contributed by atoms with Crippen molar-refractivity contribution in [2.75, 3.05) is 11.6 Å². The number of rotatable bonds is 3. The molecule has 3 heterocycles. The molecule has 0 spiro atoms. The van der Waals surface area contributed by atoms with Crippen LogP contribution in [0.5, 0.6) is 0 Å². The molecule has 1 N–H and O–H groups in total. The molecule has 0 amide bonds. The first kappa shape index (κ1) is 15.6. The van der Waals surface area contributed by atoms with Gasteiger partial charge < -0.3 is 10.2 Å². The van der Waals surface area contributed by atoms with E-state index in [1.807, 2.05) is 24.5 Å². The summed E-state index contributed by atoms with van der Waals surface area (Å²) in [6, 6.07) is 10.2. The van der Waals surface area contributed by atoms with Crippen LogP contribution in [0.15, 0.2) is 67.4 Å². The quantitative estimate of drug-likeness (QED) is 0.756. The Morgan fingerprint density at radius 1 is 1.08 bits per heavy atom. The summed E-state index contributed by atoms with van der Waals surface area (Å²) in [5, 5.41) is 3.73. The van der Waals surface area contributed by atoms with Crippen LogP contribution in [0.25, 0.3) is 22.4 Å². The number of anilines is 1. The average molecular weight is 353 g/mol. The Morgan fingerprint density at radius 3 is 2.64 bits per heavy atom. The second-order valence-corrected chi connectivity index (χ2v) is 6.00. The van der Waals surface area contributed by atoms with E-state index in [1.165, 1.54) is 12.1 Å². The minimum atomic E-state index is -0.268. The lowest BCUT2D eigenvalue weighted by Gasteiger charge is -2.20. The van der Waals surface area contributed by atoms with E-state index >= 15 is 0 Å². The smallest absolute Gasteiger partial charge is 0.123 e. The number of pyridine rings is 2. The third-order valence-corrected chi connectivity index (χ3v) is 4.33. The zero-order chi connectivity index (χ0) is 17.2. The molecule has 3 aromatic rings. The first-order chi connectivity index (χ1) is 12.2. The molecule has 25 heavy (non-hydrogen) atoms. The number of nitrogens with zero attached hydrogens (tertiary/aromatic N) is 3. The molecule has 6 heteroatoms. The van der Waals surface area contributed by atoms with E-state index in [1.54, 1.807) is 30.7 Å². The summed E-state index contributed by atoms with van der Waals surface area (Å²) in [4.78, 5) is 10.7. The molecule has 1 aromatic carbocycles. The third-order valence-electron chi connectivity index (χ3n) is 4.03. The van der Waals surface area contributed by atoms with Crippen LogP contribution in [-0.2, 0) is 0 Å². The fourth-order valence-corrected chi connectivity index (χ4v) is 3.00. The summed E-state index contributed by atoms with van der Waals surface area (Å²) >= 11 is 6.33. The van der Waals surface area contributed by atoms with Crippen LogP contribution in [0.2, 0.25) is 5.02 Å². The van der Waals surface area contributed by atoms with E-state index in [0.717, 1.165) is 28.1 Å². The van der Waals surface area contributed by atoms with Crippen molar-refractivity contribution in [3.05, 3.63) is 78.2 Å². The summed E-state index contributed by atoms with van der Waals surface area (Å²) in [7, 11) is 0. The van der Waals surface area contributed by atoms with Gasteiger partial charge in [0.05, 0.1) is 23.1 Å². The van der Waals surface area contributed by atoms with Crippen LogP contribution in [0.4, 0.5) is 10.1 Å². The maximum absolute atomic E-state index is 13.2. The summed E-state index contributed by atoms with van der Waals surface area (Å²) < 4.78 is 13.2. The highest BCUT2D eigenvalue weighted by Gasteiger charge is 2.17. The van der Waals surface area contributed by atoms with Gasteiger partial charge in [-0.25, -0.2) is 4.39 Å². The maximum atomic E-state index is 13.2. The van der Waals surface area contributed by atoms with Crippen LogP contribution < -0.4 is 10.2 Å².